The Balaban J connectivity index is 1.40. The molecule has 9 heteroatoms. The number of benzene rings is 5. The zero-order chi connectivity index (χ0) is 35.5. The van der Waals surface area contributed by atoms with Crippen LogP contribution < -0.4 is 25.4 Å². The van der Waals surface area contributed by atoms with Crippen LogP contribution >= 0.6 is 11.8 Å². The van der Waals surface area contributed by atoms with Crippen molar-refractivity contribution in [1.29, 1.82) is 0 Å². The van der Waals surface area contributed by atoms with E-state index in [0.717, 1.165) is 10.5 Å². The Morgan fingerprint density at radius 1 is 0.680 bits per heavy atom. The fourth-order valence-electron chi connectivity index (χ4n) is 5.09. The summed E-state index contributed by atoms with van der Waals surface area (Å²) in [7, 11) is 3.07. The Labute approximate surface area is 296 Å². The van der Waals surface area contributed by atoms with Gasteiger partial charge >= 0.3 is 0 Å². The van der Waals surface area contributed by atoms with E-state index in [1.807, 2.05) is 66.7 Å². The maximum absolute atomic E-state index is 13.8. The average molecular weight is 686 g/mol. The molecule has 1 atom stereocenters. The van der Waals surface area contributed by atoms with Crippen LogP contribution in [0, 0.1) is 0 Å². The Morgan fingerprint density at radius 2 is 1.38 bits per heavy atom. The highest BCUT2D eigenvalue weighted by Crippen LogP contribution is 2.37. The Bertz CT molecular complexity index is 1960. The van der Waals surface area contributed by atoms with Crippen LogP contribution in [-0.4, -0.2) is 31.9 Å². The van der Waals surface area contributed by atoms with E-state index in [1.165, 1.54) is 24.4 Å². The van der Waals surface area contributed by atoms with Crippen LogP contribution in [0.2, 0.25) is 0 Å². The molecule has 254 valence electrons. The summed E-state index contributed by atoms with van der Waals surface area (Å²) in [5, 5.41) is 8.16. The Morgan fingerprint density at radius 3 is 2.04 bits per heavy atom. The standard InChI is InChI=1S/C41H39N3O5S/c1-27(2)28-18-20-32(21-19-28)42-41(47)38(29-12-7-5-8-13-29)50-35-17-11-16-33(26-35)43-40(46)36(44-39(45)30-14-9-6-10-15-30)25-31-24-34(48-3)22-23-37(31)49-4/h5-27,38H,1-4H3,(H,42,47)(H,43,46)(H,44,45)/b36-25+. The largest absolute Gasteiger partial charge is 0.497 e. The summed E-state index contributed by atoms with van der Waals surface area (Å²) >= 11 is 1.37. The summed E-state index contributed by atoms with van der Waals surface area (Å²) in [6, 6.07) is 38.5. The van der Waals surface area contributed by atoms with Gasteiger partial charge in [0.05, 0.1) is 14.2 Å². The SMILES string of the molecule is COc1ccc(OC)c(/C=C(/NC(=O)c2ccccc2)C(=O)Nc2cccc(SC(C(=O)Nc3ccc(C(C)C)cc3)c3ccccc3)c2)c1. The lowest BCUT2D eigenvalue weighted by Crippen LogP contribution is -2.30. The summed E-state index contributed by atoms with van der Waals surface area (Å²) in [5.41, 5.74) is 4.14. The number of amides is 3. The molecule has 0 saturated carbocycles. The van der Waals surface area contributed by atoms with E-state index in [1.54, 1.807) is 73.8 Å². The zero-order valence-electron chi connectivity index (χ0n) is 28.3. The number of carbonyl (C=O) groups is 3. The summed E-state index contributed by atoms with van der Waals surface area (Å²) in [4.78, 5) is 41.5. The van der Waals surface area contributed by atoms with Gasteiger partial charge in [-0.2, -0.15) is 0 Å². The van der Waals surface area contributed by atoms with E-state index in [-0.39, 0.29) is 11.6 Å². The third kappa shape index (κ3) is 9.42. The monoisotopic (exact) mass is 685 g/mol. The van der Waals surface area contributed by atoms with Gasteiger partial charge in [-0.3, -0.25) is 14.4 Å². The third-order valence-electron chi connectivity index (χ3n) is 7.80. The fourth-order valence-corrected chi connectivity index (χ4v) is 6.18. The first-order valence-electron chi connectivity index (χ1n) is 16.1. The molecule has 5 aromatic carbocycles. The second-order valence-corrected chi connectivity index (χ2v) is 12.8. The van der Waals surface area contributed by atoms with Crippen molar-refractivity contribution in [2.24, 2.45) is 0 Å². The maximum Gasteiger partial charge on any atom is 0.272 e. The number of rotatable bonds is 13. The minimum atomic E-state index is -0.576. The minimum Gasteiger partial charge on any atom is -0.497 e. The van der Waals surface area contributed by atoms with Gasteiger partial charge in [0, 0.05) is 27.4 Å². The second kappa shape index (κ2) is 17.0. The number of methoxy groups -OCH3 is 2. The van der Waals surface area contributed by atoms with E-state index in [4.69, 9.17) is 9.47 Å². The van der Waals surface area contributed by atoms with Gasteiger partial charge in [0.25, 0.3) is 11.8 Å². The van der Waals surface area contributed by atoms with Crippen LogP contribution in [0.15, 0.2) is 138 Å². The predicted molar refractivity (Wildman–Crippen MR) is 201 cm³/mol. The van der Waals surface area contributed by atoms with Crippen molar-refractivity contribution in [3.05, 3.63) is 155 Å². The third-order valence-corrected chi connectivity index (χ3v) is 9.04. The van der Waals surface area contributed by atoms with Crippen LogP contribution in [-0.2, 0) is 9.59 Å². The zero-order valence-corrected chi connectivity index (χ0v) is 29.1. The highest BCUT2D eigenvalue weighted by Gasteiger charge is 2.23. The average Bonchev–Trinajstić information content (AvgIpc) is 3.14. The molecule has 5 aromatic rings. The van der Waals surface area contributed by atoms with E-state index in [0.29, 0.717) is 39.9 Å². The number of hydrogen-bond donors (Lipinski definition) is 3. The van der Waals surface area contributed by atoms with Gasteiger partial charge in [-0.1, -0.05) is 80.6 Å². The fraction of sp³-hybridized carbons (Fsp3) is 0.146. The summed E-state index contributed by atoms with van der Waals surface area (Å²) in [6.07, 6.45) is 1.54. The maximum atomic E-state index is 13.8. The lowest BCUT2D eigenvalue weighted by atomic mass is 10.0. The molecule has 0 heterocycles. The van der Waals surface area contributed by atoms with Crippen LogP contribution in [0.4, 0.5) is 11.4 Å². The van der Waals surface area contributed by atoms with Crippen LogP contribution in [0.3, 0.4) is 0 Å². The lowest BCUT2D eigenvalue weighted by Gasteiger charge is -2.18. The van der Waals surface area contributed by atoms with Gasteiger partial charge in [0.2, 0.25) is 5.91 Å². The molecule has 3 N–H and O–H groups in total. The molecule has 0 bridgehead atoms. The molecule has 0 fully saturated rings. The molecule has 1 unspecified atom stereocenters. The van der Waals surface area contributed by atoms with E-state index >= 15 is 0 Å². The molecule has 50 heavy (non-hydrogen) atoms. The van der Waals surface area contributed by atoms with Crippen molar-refractivity contribution in [3.8, 4) is 11.5 Å². The first kappa shape index (κ1) is 35.5. The number of nitrogens with one attached hydrogen (secondary N) is 3. The molecule has 0 radical (unpaired) electrons. The quantitative estimate of drug-likeness (QED) is 0.0846. The summed E-state index contributed by atoms with van der Waals surface area (Å²) in [6.45, 7) is 4.25. The molecule has 0 saturated heterocycles. The summed E-state index contributed by atoms with van der Waals surface area (Å²) < 4.78 is 10.9. The van der Waals surface area contributed by atoms with E-state index < -0.39 is 17.1 Å². The molecule has 5 rings (SSSR count). The highest BCUT2D eigenvalue weighted by atomic mass is 32.2. The first-order valence-corrected chi connectivity index (χ1v) is 17.0. The molecule has 0 aromatic heterocycles. The van der Waals surface area contributed by atoms with Gasteiger partial charge in [-0.15, -0.1) is 11.8 Å². The van der Waals surface area contributed by atoms with Gasteiger partial charge < -0.3 is 25.4 Å². The smallest absolute Gasteiger partial charge is 0.272 e. The van der Waals surface area contributed by atoms with Gasteiger partial charge in [0.15, 0.2) is 0 Å². The molecular formula is C41H39N3O5S. The van der Waals surface area contributed by atoms with Crippen molar-refractivity contribution in [1.82, 2.24) is 5.32 Å². The van der Waals surface area contributed by atoms with Crippen molar-refractivity contribution < 1.29 is 23.9 Å². The van der Waals surface area contributed by atoms with Gasteiger partial charge in [0.1, 0.15) is 22.4 Å². The molecule has 0 aliphatic heterocycles. The van der Waals surface area contributed by atoms with Crippen molar-refractivity contribution in [2.75, 3.05) is 24.9 Å². The van der Waals surface area contributed by atoms with Gasteiger partial charge in [-0.25, -0.2) is 0 Å². The van der Waals surface area contributed by atoms with Crippen LogP contribution in [0.25, 0.3) is 6.08 Å². The molecule has 3 amide bonds. The number of thioether (sulfide) groups is 1. The number of ether oxygens (including phenoxy) is 2. The topological polar surface area (TPSA) is 106 Å². The molecule has 0 aliphatic carbocycles. The van der Waals surface area contributed by atoms with Crippen molar-refractivity contribution >= 4 is 46.9 Å². The van der Waals surface area contributed by atoms with E-state index in [9.17, 15) is 14.4 Å². The Kier molecular flexibility index (Phi) is 12.1. The molecule has 0 aliphatic rings. The van der Waals surface area contributed by atoms with Crippen LogP contribution in [0.5, 0.6) is 11.5 Å². The highest BCUT2D eigenvalue weighted by molar-refractivity contribution is 8.00. The van der Waals surface area contributed by atoms with Gasteiger partial charge in [-0.05, 0) is 83.8 Å². The van der Waals surface area contributed by atoms with Crippen molar-refractivity contribution in [2.45, 2.75) is 29.9 Å². The Hall–Kier alpha value is -5.80. The molecule has 0 spiro atoms. The van der Waals surface area contributed by atoms with Crippen LogP contribution in [0.1, 0.15) is 52.1 Å². The summed E-state index contributed by atoms with van der Waals surface area (Å²) in [5.74, 6) is 0.257. The predicted octanol–water partition coefficient (Wildman–Crippen LogP) is 8.71. The molecular weight excluding hydrogens is 647 g/mol. The van der Waals surface area contributed by atoms with Crippen molar-refractivity contribution in [3.63, 3.8) is 0 Å². The number of carbonyl (C=O) groups excluding carboxylic acids is 3. The normalized spacial score (nSPS) is 11.7. The second-order valence-electron chi connectivity index (χ2n) is 11.6. The number of anilines is 2. The van der Waals surface area contributed by atoms with E-state index in [2.05, 4.69) is 29.8 Å². The minimum absolute atomic E-state index is 0.00603. The first-order chi connectivity index (χ1) is 24.2. The number of hydrogen-bond acceptors (Lipinski definition) is 6. The molecule has 8 nitrogen and oxygen atoms in total. The lowest BCUT2D eigenvalue weighted by molar-refractivity contribution is -0.116.